The zero-order valence-electron chi connectivity index (χ0n) is 13.5. The fraction of sp³-hybridized carbons (Fsp3) is 0.688. The number of nitrogens with one attached hydrogen (secondary N) is 2. The second kappa shape index (κ2) is 8.49. The van der Waals surface area contributed by atoms with Crippen molar-refractivity contribution in [3.8, 4) is 0 Å². The Morgan fingerprint density at radius 3 is 3.00 bits per heavy atom. The van der Waals surface area contributed by atoms with Crippen LogP contribution in [0.1, 0.15) is 30.2 Å². The van der Waals surface area contributed by atoms with Crippen LogP contribution in [0.5, 0.6) is 0 Å². The molecule has 3 rings (SSSR count). The fourth-order valence-corrected chi connectivity index (χ4v) is 3.69. The molecule has 1 saturated carbocycles. The summed E-state index contributed by atoms with van der Waals surface area (Å²) in [6, 6.07) is 2.81. The van der Waals surface area contributed by atoms with E-state index in [4.69, 9.17) is 0 Å². The van der Waals surface area contributed by atoms with Crippen molar-refractivity contribution in [3.05, 3.63) is 21.9 Å². The van der Waals surface area contributed by atoms with Gasteiger partial charge in [-0.05, 0) is 49.1 Å². The Morgan fingerprint density at radius 1 is 1.45 bits per heavy atom. The molecule has 22 heavy (non-hydrogen) atoms. The van der Waals surface area contributed by atoms with Gasteiger partial charge in [0.1, 0.15) is 0 Å². The van der Waals surface area contributed by atoms with Gasteiger partial charge in [-0.25, -0.2) is 0 Å². The predicted molar refractivity (Wildman–Crippen MR) is 105 cm³/mol. The molecular weight excluding hydrogens is 407 g/mol. The van der Waals surface area contributed by atoms with E-state index in [1.165, 1.54) is 31.4 Å². The Labute approximate surface area is 154 Å². The van der Waals surface area contributed by atoms with Crippen LogP contribution in [0, 0.1) is 5.92 Å². The number of rotatable bonds is 5. The third kappa shape index (κ3) is 4.83. The van der Waals surface area contributed by atoms with Crippen LogP contribution in [0.15, 0.2) is 16.4 Å². The lowest BCUT2D eigenvalue weighted by Crippen LogP contribution is -2.47. The van der Waals surface area contributed by atoms with Crippen LogP contribution in [-0.4, -0.2) is 43.6 Å². The number of nitrogens with zero attached hydrogens (tertiary/aromatic N) is 2. The van der Waals surface area contributed by atoms with Gasteiger partial charge < -0.3 is 10.6 Å². The topological polar surface area (TPSA) is 39.7 Å². The van der Waals surface area contributed by atoms with Gasteiger partial charge in [-0.2, -0.15) is 0 Å². The standard InChI is InChI=1S/C16H26N4S.HI/c1-12(9-18-16(17-2)19-10-13-3-4-13)20-7-5-15-14(11-20)6-8-21-15;/h6,8,12-13H,3-5,7,9-11H2,1-2H3,(H2,17,18,19);1H. The molecule has 1 atom stereocenters. The number of halogens is 1. The maximum atomic E-state index is 4.31. The summed E-state index contributed by atoms with van der Waals surface area (Å²) in [5, 5.41) is 9.11. The van der Waals surface area contributed by atoms with Crippen molar-refractivity contribution in [2.45, 2.75) is 38.8 Å². The van der Waals surface area contributed by atoms with Crippen molar-refractivity contribution < 1.29 is 0 Å². The molecule has 1 fully saturated rings. The Hall–Kier alpha value is -0.340. The van der Waals surface area contributed by atoms with E-state index < -0.39 is 0 Å². The van der Waals surface area contributed by atoms with Crippen molar-refractivity contribution >= 4 is 41.3 Å². The van der Waals surface area contributed by atoms with Gasteiger partial charge in [-0.1, -0.05) is 0 Å². The highest BCUT2D eigenvalue weighted by molar-refractivity contribution is 14.0. The molecule has 1 aromatic heterocycles. The zero-order chi connectivity index (χ0) is 14.7. The summed E-state index contributed by atoms with van der Waals surface area (Å²) >= 11 is 1.90. The minimum absolute atomic E-state index is 0. The molecule has 0 spiro atoms. The summed E-state index contributed by atoms with van der Waals surface area (Å²) in [5.41, 5.74) is 1.52. The minimum atomic E-state index is 0. The molecule has 0 amide bonds. The van der Waals surface area contributed by atoms with Crippen molar-refractivity contribution in [3.63, 3.8) is 0 Å². The van der Waals surface area contributed by atoms with Gasteiger partial charge in [0.15, 0.2) is 5.96 Å². The first-order chi connectivity index (χ1) is 10.3. The summed E-state index contributed by atoms with van der Waals surface area (Å²) in [5.74, 6) is 1.82. The normalized spacial score (nSPS) is 20.0. The smallest absolute Gasteiger partial charge is 0.191 e. The SMILES string of the molecule is CN=C(NCC1CC1)NCC(C)N1CCc2sccc2C1.I. The summed E-state index contributed by atoms with van der Waals surface area (Å²) in [4.78, 5) is 8.45. The molecule has 1 aliphatic carbocycles. The molecule has 2 aliphatic rings. The van der Waals surface area contributed by atoms with Gasteiger partial charge in [0.05, 0.1) is 0 Å². The van der Waals surface area contributed by atoms with Gasteiger partial charge >= 0.3 is 0 Å². The Kier molecular flexibility index (Phi) is 6.95. The summed E-state index contributed by atoms with van der Waals surface area (Å²) < 4.78 is 0. The largest absolute Gasteiger partial charge is 0.356 e. The third-order valence-corrected chi connectivity index (χ3v) is 5.53. The number of fused-ring (bicyclic) bond motifs is 1. The van der Waals surface area contributed by atoms with E-state index >= 15 is 0 Å². The minimum Gasteiger partial charge on any atom is -0.356 e. The molecular formula is C16H27IN4S. The number of hydrogen-bond acceptors (Lipinski definition) is 3. The van der Waals surface area contributed by atoms with Crippen LogP contribution >= 0.6 is 35.3 Å². The van der Waals surface area contributed by atoms with Gasteiger partial charge in [0.2, 0.25) is 0 Å². The van der Waals surface area contributed by atoms with Crippen LogP contribution in [0.2, 0.25) is 0 Å². The lowest BCUT2D eigenvalue weighted by atomic mass is 10.1. The highest BCUT2D eigenvalue weighted by atomic mass is 127. The molecule has 0 bridgehead atoms. The zero-order valence-corrected chi connectivity index (χ0v) is 16.6. The van der Waals surface area contributed by atoms with Crippen molar-refractivity contribution in [2.24, 2.45) is 10.9 Å². The number of guanidine groups is 1. The molecule has 0 saturated heterocycles. The fourth-order valence-electron chi connectivity index (χ4n) is 2.80. The molecule has 1 unspecified atom stereocenters. The predicted octanol–water partition coefficient (Wildman–Crippen LogP) is 2.69. The molecule has 124 valence electrons. The highest BCUT2D eigenvalue weighted by Crippen LogP contribution is 2.27. The van der Waals surface area contributed by atoms with Crippen molar-refractivity contribution in [1.82, 2.24) is 15.5 Å². The Morgan fingerprint density at radius 2 is 2.27 bits per heavy atom. The third-order valence-electron chi connectivity index (χ3n) is 4.50. The molecule has 2 N–H and O–H groups in total. The number of thiophene rings is 1. The molecule has 2 heterocycles. The van der Waals surface area contributed by atoms with E-state index in [2.05, 4.69) is 38.9 Å². The van der Waals surface area contributed by atoms with Crippen LogP contribution in [0.25, 0.3) is 0 Å². The van der Waals surface area contributed by atoms with E-state index in [0.29, 0.717) is 6.04 Å². The number of hydrogen-bond donors (Lipinski definition) is 2. The summed E-state index contributed by atoms with van der Waals surface area (Å²) in [6.45, 7) is 6.58. The second-order valence-corrected chi connectivity index (χ2v) is 7.22. The summed E-state index contributed by atoms with van der Waals surface area (Å²) in [6.07, 6.45) is 3.94. The van der Waals surface area contributed by atoms with Crippen LogP contribution in [0.4, 0.5) is 0 Å². The van der Waals surface area contributed by atoms with Crippen LogP contribution in [-0.2, 0) is 13.0 Å². The summed E-state index contributed by atoms with van der Waals surface area (Å²) in [7, 11) is 1.85. The lowest BCUT2D eigenvalue weighted by Gasteiger charge is -2.32. The molecule has 1 aromatic rings. The van der Waals surface area contributed by atoms with E-state index in [-0.39, 0.29) is 24.0 Å². The first kappa shape index (κ1) is 18.0. The average molecular weight is 434 g/mol. The van der Waals surface area contributed by atoms with Gasteiger partial charge in [-0.15, -0.1) is 35.3 Å². The first-order valence-electron chi connectivity index (χ1n) is 8.00. The maximum Gasteiger partial charge on any atom is 0.191 e. The molecule has 6 heteroatoms. The van der Waals surface area contributed by atoms with E-state index in [9.17, 15) is 0 Å². The quantitative estimate of drug-likeness (QED) is 0.426. The van der Waals surface area contributed by atoms with E-state index in [1.807, 2.05) is 18.4 Å². The second-order valence-electron chi connectivity index (χ2n) is 6.22. The Bertz CT molecular complexity index is 498. The van der Waals surface area contributed by atoms with Gasteiger partial charge in [0, 0.05) is 44.1 Å². The van der Waals surface area contributed by atoms with Crippen molar-refractivity contribution in [1.29, 1.82) is 0 Å². The average Bonchev–Trinajstić information content (AvgIpc) is 3.22. The lowest BCUT2D eigenvalue weighted by molar-refractivity contribution is 0.192. The van der Waals surface area contributed by atoms with Crippen molar-refractivity contribution in [2.75, 3.05) is 26.7 Å². The molecule has 0 radical (unpaired) electrons. The molecule has 0 aromatic carbocycles. The first-order valence-corrected chi connectivity index (χ1v) is 8.88. The highest BCUT2D eigenvalue weighted by Gasteiger charge is 2.23. The van der Waals surface area contributed by atoms with E-state index in [0.717, 1.165) is 31.5 Å². The monoisotopic (exact) mass is 434 g/mol. The molecule has 4 nitrogen and oxygen atoms in total. The molecule has 1 aliphatic heterocycles. The maximum absolute atomic E-state index is 4.31. The number of aliphatic imine (C=N–C) groups is 1. The van der Waals surface area contributed by atoms with Gasteiger partial charge in [-0.3, -0.25) is 9.89 Å². The van der Waals surface area contributed by atoms with Gasteiger partial charge in [0.25, 0.3) is 0 Å². The Balaban J connectivity index is 0.00000176. The van der Waals surface area contributed by atoms with E-state index in [1.54, 1.807) is 4.88 Å². The van der Waals surface area contributed by atoms with Crippen LogP contribution < -0.4 is 10.6 Å². The van der Waals surface area contributed by atoms with Crippen LogP contribution in [0.3, 0.4) is 0 Å².